The van der Waals surface area contributed by atoms with E-state index in [1.807, 2.05) is 20.8 Å². The predicted molar refractivity (Wildman–Crippen MR) is 75.3 cm³/mol. The van der Waals surface area contributed by atoms with E-state index in [4.69, 9.17) is 4.74 Å². The van der Waals surface area contributed by atoms with Crippen molar-refractivity contribution in [2.24, 2.45) is 0 Å². The summed E-state index contributed by atoms with van der Waals surface area (Å²) in [5, 5.41) is 3.36. The molecule has 1 N–H and O–H groups in total. The summed E-state index contributed by atoms with van der Waals surface area (Å²) >= 11 is 0. The molecule has 0 amide bonds. The molecule has 0 aromatic heterocycles. The molecule has 1 unspecified atom stereocenters. The van der Waals surface area contributed by atoms with Gasteiger partial charge in [-0.25, -0.2) is 12.7 Å². The fraction of sp³-hybridized carbons (Fsp3) is 1.00. The summed E-state index contributed by atoms with van der Waals surface area (Å²) in [6, 6.07) is 0.218. The van der Waals surface area contributed by atoms with E-state index in [1.165, 1.54) is 10.6 Å². The average Bonchev–Trinajstić information content (AvgIpc) is 2.26. The van der Waals surface area contributed by atoms with E-state index in [2.05, 4.69) is 12.2 Å². The minimum Gasteiger partial charge on any atom is -0.377 e. The molecule has 1 atom stereocenters. The molecule has 0 aliphatic carbocycles. The second kappa shape index (κ2) is 7.43. The molecule has 18 heavy (non-hydrogen) atoms. The van der Waals surface area contributed by atoms with Crippen molar-refractivity contribution >= 4 is 10.0 Å². The van der Waals surface area contributed by atoms with E-state index in [1.54, 1.807) is 7.11 Å². The quantitative estimate of drug-likeness (QED) is 0.642. The standard InChI is InChI=1S/C12H28N2O3S/c1-7-14(18(6,15)16)10-8-9-13-11(2)12(3,4)17-5/h11,13H,7-10H2,1-6H3. The molecule has 6 heteroatoms. The van der Waals surface area contributed by atoms with E-state index in [0.29, 0.717) is 13.1 Å². The zero-order valence-corrected chi connectivity index (χ0v) is 13.3. The lowest BCUT2D eigenvalue weighted by atomic mass is 10.0. The Morgan fingerprint density at radius 1 is 1.39 bits per heavy atom. The average molecular weight is 280 g/mol. The zero-order valence-electron chi connectivity index (χ0n) is 12.5. The van der Waals surface area contributed by atoms with Crippen LogP contribution in [-0.2, 0) is 14.8 Å². The van der Waals surface area contributed by atoms with E-state index >= 15 is 0 Å². The first-order chi connectivity index (χ1) is 8.15. The van der Waals surface area contributed by atoms with Crippen LogP contribution in [0.2, 0.25) is 0 Å². The molecule has 0 saturated carbocycles. The molecule has 0 rings (SSSR count). The third kappa shape index (κ3) is 6.13. The summed E-state index contributed by atoms with van der Waals surface area (Å²) in [6.07, 6.45) is 2.05. The number of hydrogen-bond donors (Lipinski definition) is 1. The molecular weight excluding hydrogens is 252 g/mol. The molecule has 0 aromatic carbocycles. The maximum atomic E-state index is 11.4. The SMILES string of the molecule is CCN(CCCNC(C)C(C)(C)OC)S(C)(=O)=O. The maximum Gasteiger partial charge on any atom is 0.211 e. The van der Waals surface area contributed by atoms with Gasteiger partial charge in [0, 0.05) is 26.2 Å². The number of nitrogens with one attached hydrogen (secondary N) is 1. The largest absolute Gasteiger partial charge is 0.377 e. The van der Waals surface area contributed by atoms with Crippen LogP contribution in [0.5, 0.6) is 0 Å². The normalized spacial score (nSPS) is 15.1. The fourth-order valence-electron chi connectivity index (χ4n) is 1.55. The summed E-state index contributed by atoms with van der Waals surface area (Å²) < 4.78 is 29.6. The monoisotopic (exact) mass is 280 g/mol. The molecule has 5 nitrogen and oxygen atoms in total. The van der Waals surface area contributed by atoms with Gasteiger partial charge >= 0.3 is 0 Å². The number of methoxy groups -OCH3 is 1. The molecule has 110 valence electrons. The maximum absolute atomic E-state index is 11.4. The summed E-state index contributed by atoms with van der Waals surface area (Å²) in [5.41, 5.74) is -0.221. The molecule has 0 fully saturated rings. The van der Waals surface area contributed by atoms with Crippen LogP contribution in [0.25, 0.3) is 0 Å². The highest BCUT2D eigenvalue weighted by Crippen LogP contribution is 2.12. The highest BCUT2D eigenvalue weighted by atomic mass is 32.2. The molecule has 0 aliphatic rings. The summed E-state index contributed by atoms with van der Waals surface area (Å²) in [7, 11) is -1.37. The fourth-order valence-corrected chi connectivity index (χ4v) is 2.48. The summed E-state index contributed by atoms with van der Waals surface area (Å²) in [5.74, 6) is 0. The molecule has 0 radical (unpaired) electrons. The third-order valence-electron chi connectivity index (χ3n) is 3.43. The second-order valence-electron chi connectivity index (χ2n) is 5.09. The lowest BCUT2D eigenvalue weighted by molar-refractivity contribution is -0.00496. The summed E-state index contributed by atoms with van der Waals surface area (Å²) in [4.78, 5) is 0. The van der Waals surface area contributed by atoms with Gasteiger partial charge in [0.2, 0.25) is 10.0 Å². The Morgan fingerprint density at radius 3 is 2.33 bits per heavy atom. The van der Waals surface area contributed by atoms with Crippen molar-refractivity contribution in [3.05, 3.63) is 0 Å². The van der Waals surface area contributed by atoms with E-state index in [-0.39, 0.29) is 11.6 Å². The Kier molecular flexibility index (Phi) is 7.36. The predicted octanol–water partition coefficient (Wildman–Crippen LogP) is 1.06. The van der Waals surface area contributed by atoms with E-state index < -0.39 is 10.0 Å². The zero-order chi connectivity index (χ0) is 14.4. The van der Waals surface area contributed by atoms with Gasteiger partial charge in [-0.15, -0.1) is 0 Å². The smallest absolute Gasteiger partial charge is 0.211 e. The van der Waals surface area contributed by atoms with Crippen LogP contribution in [0.15, 0.2) is 0 Å². The number of hydrogen-bond acceptors (Lipinski definition) is 4. The minimum absolute atomic E-state index is 0.218. The Hall–Kier alpha value is -0.170. The van der Waals surface area contributed by atoms with Gasteiger partial charge in [-0.2, -0.15) is 0 Å². The van der Waals surface area contributed by atoms with Gasteiger partial charge in [0.25, 0.3) is 0 Å². The first kappa shape index (κ1) is 17.8. The Morgan fingerprint density at radius 2 is 1.94 bits per heavy atom. The molecule has 0 heterocycles. The van der Waals surface area contributed by atoms with Gasteiger partial charge in [-0.05, 0) is 33.7 Å². The molecule has 0 spiro atoms. The minimum atomic E-state index is -3.07. The highest BCUT2D eigenvalue weighted by Gasteiger charge is 2.24. The van der Waals surface area contributed by atoms with Gasteiger partial charge in [-0.3, -0.25) is 0 Å². The van der Waals surface area contributed by atoms with Crippen molar-refractivity contribution in [3.63, 3.8) is 0 Å². The molecular formula is C12H28N2O3S. The van der Waals surface area contributed by atoms with Crippen molar-refractivity contribution in [2.45, 2.75) is 45.8 Å². The van der Waals surface area contributed by atoms with Crippen molar-refractivity contribution < 1.29 is 13.2 Å². The first-order valence-corrected chi connectivity index (χ1v) is 8.23. The van der Waals surface area contributed by atoms with Crippen molar-refractivity contribution in [3.8, 4) is 0 Å². The van der Waals surface area contributed by atoms with Gasteiger partial charge in [0.1, 0.15) is 0 Å². The van der Waals surface area contributed by atoms with Crippen LogP contribution in [0.1, 0.15) is 34.1 Å². The van der Waals surface area contributed by atoms with Gasteiger partial charge in [-0.1, -0.05) is 6.92 Å². The van der Waals surface area contributed by atoms with Crippen molar-refractivity contribution in [1.29, 1.82) is 0 Å². The van der Waals surface area contributed by atoms with E-state index in [0.717, 1.165) is 13.0 Å². The van der Waals surface area contributed by atoms with Crippen LogP contribution in [0.3, 0.4) is 0 Å². The van der Waals surface area contributed by atoms with Crippen LogP contribution < -0.4 is 5.32 Å². The Labute approximate surface area is 112 Å². The van der Waals surface area contributed by atoms with Crippen LogP contribution in [0, 0.1) is 0 Å². The van der Waals surface area contributed by atoms with Gasteiger partial charge in [0.05, 0.1) is 11.9 Å². The number of rotatable bonds is 9. The number of sulfonamides is 1. The van der Waals surface area contributed by atoms with Crippen LogP contribution in [-0.4, -0.2) is 57.4 Å². The van der Waals surface area contributed by atoms with E-state index in [9.17, 15) is 8.42 Å². The lowest BCUT2D eigenvalue weighted by Crippen LogP contribution is -2.46. The topological polar surface area (TPSA) is 58.6 Å². The van der Waals surface area contributed by atoms with Crippen LogP contribution >= 0.6 is 0 Å². The van der Waals surface area contributed by atoms with Crippen LogP contribution in [0.4, 0.5) is 0 Å². The van der Waals surface area contributed by atoms with Gasteiger partial charge < -0.3 is 10.1 Å². The Bertz CT molecular complexity index is 328. The second-order valence-corrected chi connectivity index (χ2v) is 7.07. The van der Waals surface area contributed by atoms with Crippen molar-refractivity contribution in [1.82, 2.24) is 9.62 Å². The van der Waals surface area contributed by atoms with Crippen molar-refractivity contribution in [2.75, 3.05) is 33.0 Å². The molecule has 0 saturated heterocycles. The molecule has 0 bridgehead atoms. The first-order valence-electron chi connectivity index (χ1n) is 6.38. The lowest BCUT2D eigenvalue weighted by Gasteiger charge is -2.31. The summed E-state index contributed by atoms with van der Waals surface area (Å²) in [6.45, 7) is 9.84. The molecule has 0 aliphatic heterocycles. The molecule has 0 aromatic rings. The number of nitrogens with zero attached hydrogens (tertiary/aromatic N) is 1. The number of ether oxygens (including phenoxy) is 1. The highest BCUT2D eigenvalue weighted by molar-refractivity contribution is 7.88. The third-order valence-corrected chi connectivity index (χ3v) is 4.80. The van der Waals surface area contributed by atoms with Gasteiger partial charge in [0.15, 0.2) is 0 Å². The Balaban J connectivity index is 4.00.